The monoisotopic (exact) mass is 945 g/mol. The molecule has 6 fully saturated rings. The Morgan fingerprint density at radius 2 is 1.54 bits per heavy atom. The molecule has 0 bridgehead atoms. The highest BCUT2D eigenvalue weighted by Crippen LogP contribution is 2.76. The summed E-state index contributed by atoms with van der Waals surface area (Å²) in [7, 11) is 1.40. The quantitative estimate of drug-likeness (QED) is 0.123. The molecule has 7 aliphatic rings. The number of esters is 2. The lowest BCUT2D eigenvalue weighted by atomic mass is 9.33. The predicted octanol–water partition coefficient (Wildman–Crippen LogP) is 3.82. The minimum atomic E-state index is -1.87. The molecule has 1 aromatic rings. The van der Waals surface area contributed by atoms with Gasteiger partial charge in [-0.3, -0.25) is 9.59 Å². The third-order valence-electron chi connectivity index (χ3n) is 18.9. The van der Waals surface area contributed by atoms with Crippen LogP contribution in [0, 0.1) is 50.2 Å². The number of carbonyl (C=O) groups excluding carboxylic acids is 2. The summed E-state index contributed by atoms with van der Waals surface area (Å²) >= 11 is 0. The molecule has 2 aliphatic heterocycles. The van der Waals surface area contributed by atoms with Gasteiger partial charge in [-0.15, -0.1) is 0 Å². The van der Waals surface area contributed by atoms with Crippen molar-refractivity contribution in [3.05, 3.63) is 35.4 Å². The van der Waals surface area contributed by atoms with Gasteiger partial charge in [0.05, 0.1) is 32.5 Å². The standard InChI is InChI=1S/C51H76O16/c1-46(2)19-20-51(28(22-46)27-11-13-34-48(5)17-16-35(55)47(3,4)33(48)15-18-49(34,6)50(27,7)23-36(51)56)45(61)67-44-42(65-37(57)14-10-26-9-12-29(53)31(21-26)62-8)41(30(54)25-63-44)66-43-40(60)39(59)38(58)32(24-52)64-43/h9,11-12,21,28,30,32-36,38-44,52-56,58-60H,10,13-20,22-25H2,1-8H3. The molecule has 5 aliphatic carbocycles. The molecule has 1 aromatic carbocycles. The third kappa shape index (κ3) is 8.24. The number of hydrogen-bond donors (Lipinski definition) is 8. The molecule has 16 nitrogen and oxygen atoms in total. The second kappa shape index (κ2) is 18.1. The summed E-state index contributed by atoms with van der Waals surface area (Å²) in [6.07, 6.45) is -8.01. The molecule has 0 radical (unpaired) electrons. The lowest BCUT2D eigenvalue weighted by molar-refractivity contribution is -0.347. The highest BCUT2D eigenvalue weighted by atomic mass is 16.8. The number of aliphatic hydroxyl groups excluding tert-OH is 7. The van der Waals surface area contributed by atoms with Gasteiger partial charge in [-0.05, 0) is 127 Å². The Kier molecular flexibility index (Phi) is 13.6. The van der Waals surface area contributed by atoms with Crippen LogP contribution in [0.4, 0.5) is 0 Å². The van der Waals surface area contributed by atoms with Crippen LogP contribution in [0.1, 0.15) is 118 Å². The minimum Gasteiger partial charge on any atom is -0.504 e. The zero-order valence-corrected chi connectivity index (χ0v) is 40.4. The fourth-order valence-electron chi connectivity index (χ4n) is 14.7. The number of phenols is 1. The van der Waals surface area contributed by atoms with Gasteiger partial charge in [-0.25, -0.2) is 0 Å². The predicted molar refractivity (Wildman–Crippen MR) is 240 cm³/mol. The van der Waals surface area contributed by atoms with E-state index in [-0.39, 0.29) is 58.0 Å². The molecule has 0 aromatic heterocycles. The van der Waals surface area contributed by atoms with Crippen LogP contribution >= 0.6 is 0 Å². The van der Waals surface area contributed by atoms with Crippen LogP contribution < -0.4 is 4.74 Å². The van der Waals surface area contributed by atoms with E-state index in [1.54, 1.807) is 12.1 Å². The van der Waals surface area contributed by atoms with E-state index in [0.717, 1.165) is 37.7 Å². The summed E-state index contributed by atoms with van der Waals surface area (Å²) in [6, 6.07) is 4.62. The van der Waals surface area contributed by atoms with Crippen molar-refractivity contribution in [3.63, 3.8) is 0 Å². The Bertz CT molecular complexity index is 2040. The van der Waals surface area contributed by atoms with E-state index in [1.807, 2.05) is 0 Å². The number of aliphatic hydroxyl groups is 7. The number of aromatic hydroxyl groups is 1. The molecule has 8 rings (SSSR count). The summed E-state index contributed by atoms with van der Waals surface area (Å²) in [5.41, 5.74) is -0.770. The van der Waals surface area contributed by atoms with Crippen LogP contribution in [0.2, 0.25) is 0 Å². The maximum Gasteiger partial charge on any atom is 0.317 e. The molecule has 0 amide bonds. The molecule has 4 saturated carbocycles. The number of benzene rings is 1. The third-order valence-corrected chi connectivity index (χ3v) is 18.9. The molecular formula is C51H76O16. The molecular weight excluding hydrogens is 869 g/mol. The Labute approximate surface area is 393 Å². The van der Waals surface area contributed by atoms with Crippen molar-refractivity contribution in [2.45, 2.75) is 187 Å². The largest absolute Gasteiger partial charge is 0.504 e. The average Bonchev–Trinajstić information content (AvgIpc) is 3.27. The van der Waals surface area contributed by atoms with Crippen LogP contribution in [0.5, 0.6) is 11.5 Å². The van der Waals surface area contributed by atoms with Crippen LogP contribution in [-0.4, -0.2) is 141 Å². The number of hydrogen-bond acceptors (Lipinski definition) is 16. The molecule has 0 spiro atoms. The van der Waals surface area contributed by atoms with Crippen LogP contribution in [0.3, 0.4) is 0 Å². The van der Waals surface area contributed by atoms with E-state index in [9.17, 15) is 45.6 Å². The second-order valence-corrected chi connectivity index (χ2v) is 23.3. The van der Waals surface area contributed by atoms with Gasteiger partial charge in [0.2, 0.25) is 6.29 Å². The Morgan fingerprint density at radius 1 is 0.806 bits per heavy atom. The Hall–Kier alpha value is -2.90. The number of aryl methyl sites for hydroxylation is 1. The summed E-state index contributed by atoms with van der Waals surface area (Å²) < 4.78 is 35.3. The number of rotatable bonds is 10. The van der Waals surface area contributed by atoms with E-state index >= 15 is 4.79 Å². The smallest absolute Gasteiger partial charge is 0.317 e. The van der Waals surface area contributed by atoms with Crippen molar-refractivity contribution in [2.24, 2.45) is 50.2 Å². The summed E-state index contributed by atoms with van der Waals surface area (Å²) in [4.78, 5) is 29.2. The molecule has 18 unspecified atom stereocenters. The topological polar surface area (TPSA) is 251 Å². The van der Waals surface area contributed by atoms with Crippen LogP contribution in [0.15, 0.2) is 29.8 Å². The zero-order chi connectivity index (χ0) is 48.8. The molecule has 2 saturated heterocycles. The van der Waals surface area contributed by atoms with Crippen molar-refractivity contribution < 1.29 is 78.9 Å². The summed E-state index contributed by atoms with van der Waals surface area (Å²) in [6.45, 7) is 14.7. The first-order valence-corrected chi connectivity index (χ1v) is 24.5. The molecule has 16 heteroatoms. The molecule has 376 valence electrons. The lowest BCUT2D eigenvalue weighted by Gasteiger charge is -2.71. The Balaban J connectivity index is 1.11. The van der Waals surface area contributed by atoms with Crippen LogP contribution in [-0.2, 0) is 39.7 Å². The van der Waals surface area contributed by atoms with Gasteiger partial charge < -0.3 is 69.3 Å². The van der Waals surface area contributed by atoms with Crippen molar-refractivity contribution in [3.8, 4) is 11.5 Å². The normalized spacial score (nSPS) is 45.5. The van der Waals surface area contributed by atoms with Gasteiger partial charge in [0.25, 0.3) is 0 Å². The Morgan fingerprint density at radius 3 is 2.24 bits per heavy atom. The fraction of sp³-hybridized carbons (Fsp3) is 0.804. The van der Waals surface area contributed by atoms with E-state index in [2.05, 4.69) is 54.5 Å². The van der Waals surface area contributed by atoms with E-state index in [1.165, 1.54) is 13.2 Å². The number of allylic oxidation sites excluding steroid dienone is 2. The number of ether oxygens (including phenoxy) is 6. The van der Waals surface area contributed by atoms with E-state index in [4.69, 9.17) is 28.4 Å². The van der Waals surface area contributed by atoms with Crippen molar-refractivity contribution in [1.29, 1.82) is 0 Å². The maximum atomic E-state index is 15.4. The van der Waals surface area contributed by atoms with Gasteiger partial charge in [-0.1, -0.05) is 66.2 Å². The first-order chi connectivity index (χ1) is 31.4. The van der Waals surface area contributed by atoms with Crippen molar-refractivity contribution in [2.75, 3.05) is 20.3 Å². The van der Waals surface area contributed by atoms with E-state index in [0.29, 0.717) is 37.2 Å². The zero-order valence-electron chi connectivity index (χ0n) is 40.4. The minimum absolute atomic E-state index is 0.0362. The van der Waals surface area contributed by atoms with E-state index < -0.39 is 103 Å². The number of methoxy groups -OCH3 is 1. The van der Waals surface area contributed by atoms with Gasteiger partial charge >= 0.3 is 11.9 Å². The summed E-state index contributed by atoms with van der Waals surface area (Å²) in [5, 5.41) is 87.5. The SMILES string of the molecule is COc1cc(CCC(=O)OC2C(OC(=O)C34CCC(C)(C)CC3C3=CCC5C6(C)CCC(O)C(C)(C)C6CCC5(C)C3(C)CC4O)OCC(O)C2OC2OC(CO)C(O)C(O)C2O)ccc1O. The van der Waals surface area contributed by atoms with Crippen molar-refractivity contribution >= 4 is 11.9 Å². The molecule has 8 N–H and O–H groups in total. The summed E-state index contributed by atoms with van der Waals surface area (Å²) in [5.74, 6) is -1.22. The number of carbonyl (C=O) groups is 2. The average molecular weight is 945 g/mol. The fourth-order valence-corrected chi connectivity index (χ4v) is 14.7. The van der Waals surface area contributed by atoms with Gasteiger partial charge in [0.15, 0.2) is 23.9 Å². The highest BCUT2D eigenvalue weighted by Gasteiger charge is 2.72. The number of fused-ring (bicyclic) bond motifs is 7. The van der Waals surface area contributed by atoms with Gasteiger partial charge in [-0.2, -0.15) is 0 Å². The molecule has 67 heavy (non-hydrogen) atoms. The molecule has 18 atom stereocenters. The van der Waals surface area contributed by atoms with Gasteiger partial charge in [0, 0.05) is 6.42 Å². The highest BCUT2D eigenvalue weighted by molar-refractivity contribution is 5.80. The first-order valence-electron chi connectivity index (χ1n) is 24.5. The molecule has 2 heterocycles. The maximum absolute atomic E-state index is 15.4. The first kappa shape index (κ1) is 50.5. The van der Waals surface area contributed by atoms with Crippen molar-refractivity contribution in [1.82, 2.24) is 0 Å². The second-order valence-electron chi connectivity index (χ2n) is 23.3. The van der Waals surface area contributed by atoms with Crippen LogP contribution in [0.25, 0.3) is 0 Å². The lowest BCUT2D eigenvalue weighted by Crippen LogP contribution is -2.68. The van der Waals surface area contributed by atoms with Gasteiger partial charge in [0.1, 0.15) is 42.0 Å². The number of phenolic OH excluding ortho intramolecular Hbond substituents is 1.